The molecule has 0 aliphatic rings. The maximum absolute atomic E-state index is 4.54. The number of rotatable bonds is 5. The Morgan fingerprint density at radius 3 is 2.95 bits per heavy atom. The third-order valence-corrected chi connectivity index (χ3v) is 3.00. The first-order valence-corrected chi connectivity index (χ1v) is 6.46. The lowest BCUT2D eigenvalue weighted by Crippen LogP contribution is -2.04. The fourth-order valence-electron chi connectivity index (χ4n) is 1.99. The molecule has 3 rings (SSSR count). The van der Waals surface area contributed by atoms with E-state index < -0.39 is 0 Å². The second-order valence-electron chi connectivity index (χ2n) is 4.45. The second kappa shape index (κ2) is 5.60. The molecular weight excluding hydrogens is 254 g/mol. The van der Waals surface area contributed by atoms with Crippen LogP contribution in [0.4, 0.5) is 0 Å². The minimum Gasteiger partial charge on any atom is -0.253 e. The molecule has 0 aliphatic carbocycles. The summed E-state index contributed by atoms with van der Waals surface area (Å²) >= 11 is 0. The van der Waals surface area contributed by atoms with Crippen LogP contribution in [0.5, 0.6) is 0 Å². The largest absolute Gasteiger partial charge is 0.253 e. The Labute approximate surface area is 116 Å². The number of hydrogen-bond acceptors (Lipinski definition) is 5. The van der Waals surface area contributed by atoms with E-state index in [9.17, 15) is 0 Å². The van der Waals surface area contributed by atoms with Gasteiger partial charge in [-0.2, -0.15) is 5.10 Å². The zero-order valence-corrected chi connectivity index (χ0v) is 11.2. The lowest BCUT2D eigenvalue weighted by atomic mass is 10.3. The molecular formula is C13H15N7. The average molecular weight is 269 g/mol. The van der Waals surface area contributed by atoms with Crippen LogP contribution in [0.15, 0.2) is 37.1 Å². The molecule has 0 bridgehead atoms. The van der Waals surface area contributed by atoms with Gasteiger partial charge in [0.2, 0.25) is 0 Å². The van der Waals surface area contributed by atoms with Crippen LogP contribution in [0.1, 0.15) is 12.2 Å². The summed E-state index contributed by atoms with van der Waals surface area (Å²) in [6.07, 6.45) is 6.79. The van der Waals surface area contributed by atoms with Crippen molar-refractivity contribution in [2.45, 2.75) is 19.4 Å². The van der Waals surface area contributed by atoms with Gasteiger partial charge in [0, 0.05) is 26.2 Å². The lowest BCUT2D eigenvalue weighted by molar-refractivity contribution is 0.558. The smallest absolute Gasteiger partial charge is 0.199 e. The van der Waals surface area contributed by atoms with Crippen LogP contribution in [0.3, 0.4) is 0 Å². The first kappa shape index (κ1) is 12.5. The molecule has 7 nitrogen and oxygen atoms in total. The predicted octanol–water partition coefficient (Wildman–Crippen LogP) is 1.10. The molecule has 0 saturated heterocycles. The Bertz CT molecular complexity index is 657. The van der Waals surface area contributed by atoms with Crippen molar-refractivity contribution in [3.05, 3.63) is 42.9 Å². The maximum atomic E-state index is 4.54. The summed E-state index contributed by atoms with van der Waals surface area (Å²) in [5.74, 6) is 1.62. The molecule has 3 aromatic rings. The molecule has 0 aromatic carbocycles. The van der Waals surface area contributed by atoms with Gasteiger partial charge in [0.1, 0.15) is 24.2 Å². The van der Waals surface area contributed by atoms with Crippen LogP contribution in [-0.2, 0) is 20.0 Å². The minimum absolute atomic E-state index is 0.670. The maximum Gasteiger partial charge on any atom is 0.199 e. The molecule has 0 N–H and O–H groups in total. The lowest BCUT2D eigenvalue weighted by Gasteiger charge is -2.00. The summed E-state index contributed by atoms with van der Waals surface area (Å²) in [4.78, 5) is 12.7. The molecule has 3 aromatic heterocycles. The normalized spacial score (nSPS) is 10.8. The van der Waals surface area contributed by atoms with Crippen LogP contribution >= 0.6 is 0 Å². The molecule has 0 spiro atoms. The highest BCUT2D eigenvalue weighted by Gasteiger charge is 2.09. The van der Waals surface area contributed by atoms with Gasteiger partial charge in [-0.3, -0.25) is 14.3 Å². The van der Waals surface area contributed by atoms with Gasteiger partial charge >= 0.3 is 0 Å². The average Bonchev–Trinajstić information content (AvgIpc) is 3.11. The molecule has 3 heterocycles. The first-order chi connectivity index (χ1) is 9.83. The molecule has 7 heteroatoms. The van der Waals surface area contributed by atoms with Crippen LogP contribution in [0, 0.1) is 0 Å². The second-order valence-corrected chi connectivity index (χ2v) is 4.45. The third kappa shape index (κ3) is 2.71. The Morgan fingerprint density at radius 2 is 2.20 bits per heavy atom. The van der Waals surface area contributed by atoms with E-state index in [-0.39, 0.29) is 0 Å². The molecule has 0 radical (unpaired) electrons. The summed E-state index contributed by atoms with van der Waals surface area (Å²) in [6, 6.07) is 5.73. The molecule has 0 amide bonds. The van der Waals surface area contributed by atoms with Crippen molar-refractivity contribution < 1.29 is 0 Å². The molecule has 0 unspecified atom stereocenters. The van der Waals surface area contributed by atoms with E-state index in [0.717, 1.165) is 30.9 Å². The summed E-state index contributed by atoms with van der Waals surface area (Å²) < 4.78 is 3.63. The molecule has 102 valence electrons. The zero-order chi connectivity index (χ0) is 13.8. The van der Waals surface area contributed by atoms with Gasteiger partial charge in [-0.25, -0.2) is 9.97 Å². The van der Waals surface area contributed by atoms with E-state index in [1.807, 2.05) is 34.6 Å². The summed E-state index contributed by atoms with van der Waals surface area (Å²) in [5, 5.41) is 8.48. The van der Waals surface area contributed by atoms with E-state index >= 15 is 0 Å². The number of pyridine rings is 1. The number of nitrogens with zero attached hydrogens (tertiary/aromatic N) is 7. The van der Waals surface area contributed by atoms with Crippen LogP contribution in [0.25, 0.3) is 11.5 Å². The Hall–Kier alpha value is -2.57. The number of aromatic nitrogens is 7. The third-order valence-electron chi connectivity index (χ3n) is 3.00. The SMILES string of the molecule is Cn1nc(-c2ccccn2)nc1CCCn1cncn1. The standard InChI is InChI=1S/C13H15N7/c1-19-12(6-4-8-20-10-14-9-16-20)17-13(18-19)11-5-2-3-7-15-11/h2-3,5,7,9-10H,4,6,8H2,1H3. The van der Waals surface area contributed by atoms with Crippen molar-refractivity contribution in [3.63, 3.8) is 0 Å². The topological polar surface area (TPSA) is 74.3 Å². The van der Waals surface area contributed by atoms with Gasteiger partial charge in [0.25, 0.3) is 0 Å². The van der Waals surface area contributed by atoms with Gasteiger partial charge in [-0.1, -0.05) is 6.07 Å². The van der Waals surface area contributed by atoms with Crippen molar-refractivity contribution >= 4 is 0 Å². The van der Waals surface area contributed by atoms with E-state index in [4.69, 9.17) is 0 Å². The first-order valence-electron chi connectivity index (χ1n) is 6.46. The minimum atomic E-state index is 0.670. The van der Waals surface area contributed by atoms with Crippen molar-refractivity contribution in [2.24, 2.45) is 7.05 Å². The van der Waals surface area contributed by atoms with Gasteiger partial charge in [0.05, 0.1) is 0 Å². The number of hydrogen-bond donors (Lipinski definition) is 0. The van der Waals surface area contributed by atoms with Crippen LogP contribution in [-0.4, -0.2) is 34.5 Å². The van der Waals surface area contributed by atoms with Crippen LogP contribution in [0.2, 0.25) is 0 Å². The Balaban J connectivity index is 1.67. The molecule has 0 fully saturated rings. The molecule has 0 atom stereocenters. The zero-order valence-electron chi connectivity index (χ0n) is 11.2. The van der Waals surface area contributed by atoms with Crippen molar-refractivity contribution in [1.29, 1.82) is 0 Å². The highest BCUT2D eigenvalue weighted by atomic mass is 15.3. The van der Waals surface area contributed by atoms with E-state index in [0.29, 0.717) is 5.82 Å². The Kier molecular flexibility index (Phi) is 3.49. The van der Waals surface area contributed by atoms with Crippen LogP contribution < -0.4 is 0 Å². The molecule has 0 aliphatic heterocycles. The van der Waals surface area contributed by atoms with E-state index in [1.54, 1.807) is 18.9 Å². The van der Waals surface area contributed by atoms with Gasteiger partial charge < -0.3 is 0 Å². The van der Waals surface area contributed by atoms with Gasteiger partial charge in [0.15, 0.2) is 5.82 Å². The number of aryl methyl sites for hydroxylation is 3. The molecule has 0 saturated carbocycles. The Morgan fingerprint density at radius 1 is 1.25 bits per heavy atom. The summed E-state index contributed by atoms with van der Waals surface area (Å²) in [7, 11) is 1.91. The van der Waals surface area contributed by atoms with E-state index in [2.05, 4.69) is 25.1 Å². The predicted molar refractivity (Wildman–Crippen MR) is 72.6 cm³/mol. The highest BCUT2D eigenvalue weighted by Crippen LogP contribution is 2.12. The van der Waals surface area contributed by atoms with Crippen molar-refractivity contribution in [1.82, 2.24) is 34.5 Å². The fourth-order valence-corrected chi connectivity index (χ4v) is 1.99. The quantitative estimate of drug-likeness (QED) is 0.693. The van der Waals surface area contributed by atoms with E-state index in [1.165, 1.54) is 0 Å². The monoisotopic (exact) mass is 269 g/mol. The highest BCUT2D eigenvalue weighted by molar-refractivity contribution is 5.47. The summed E-state index contributed by atoms with van der Waals surface area (Å²) in [5.41, 5.74) is 0.797. The fraction of sp³-hybridized carbons (Fsp3) is 0.308. The molecule has 20 heavy (non-hydrogen) atoms. The summed E-state index contributed by atoms with van der Waals surface area (Å²) in [6.45, 7) is 0.825. The van der Waals surface area contributed by atoms with Crippen molar-refractivity contribution in [3.8, 4) is 11.5 Å². The van der Waals surface area contributed by atoms with Gasteiger partial charge in [-0.15, -0.1) is 5.10 Å². The van der Waals surface area contributed by atoms with Crippen molar-refractivity contribution in [2.75, 3.05) is 0 Å². The van der Waals surface area contributed by atoms with Gasteiger partial charge in [-0.05, 0) is 18.6 Å².